The van der Waals surface area contributed by atoms with Crippen molar-refractivity contribution in [3.05, 3.63) is 42.1 Å². The Morgan fingerprint density at radius 3 is 2.75 bits per heavy atom. The van der Waals surface area contributed by atoms with E-state index in [2.05, 4.69) is 62.3 Å². The molecule has 0 spiro atoms. The lowest BCUT2D eigenvalue weighted by Gasteiger charge is -2.29. The number of nitrogens with one attached hydrogen (secondary N) is 1. The van der Waals surface area contributed by atoms with Gasteiger partial charge in [0.1, 0.15) is 0 Å². The standard InChI is InChI=1S/C18H26N2/c1-5-10-19-14(2)12-18(3,4)16-11-15-8-6-7-9-17(15)20-13-16/h6-9,11,13-14,19H,5,10,12H2,1-4H3. The summed E-state index contributed by atoms with van der Waals surface area (Å²) in [4.78, 5) is 4.60. The van der Waals surface area contributed by atoms with Gasteiger partial charge in [-0.2, -0.15) is 0 Å². The number of pyridine rings is 1. The number of para-hydroxylation sites is 1. The molecule has 0 bridgehead atoms. The van der Waals surface area contributed by atoms with Crippen LogP contribution in [0.2, 0.25) is 0 Å². The maximum absolute atomic E-state index is 4.60. The molecule has 1 aromatic heterocycles. The van der Waals surface area contributed by atoms with E-state index in [0.29, 0.717) is 6.04 Å². The third kappa shape index (κ3) is 3.57. The number of rotatable bonds is 6. The summed E-state index contributed by atoms with van der Waals surface area (Å²) in [6.07, 6.45) is 4.34. The van der Waals surface area contributed by atoms with E-state index in [4.69, 9.17) is 0 Å². The lowest BCUT2D eigenvalue weighted by Crippen LogP contribution is -2.33. The van der Waals surface area contributed by atoms with Crippen LogP contribution in [-0.4, -0.2) is 17.6 Å². The minimum Gasteiger partial charge on any atom is -0.314 e. The molecular formula is C18H26N2. The molecule has 0 aliphatic carbocycles. The smallest absolute Gasteiger partial charge is 0.0702 e. The zero-order chi connectivity index (χ0) is 14.6. The molecule has 2 nitrogen and oxygen atoms in total. The highest BCUT2D eigenvalue weighted by Crippen LogP contribution is 2.29. The van der Waals surface area contributed by atoms with E-state index in [1.54, 1.807) is 0 Å². The van der Waals surface area contributed by atoms with Gasteiger partial charge in [-0.3, -0.25) is 4.98 Å². The molecule has 2 rings (SSSR count). The average molecular weight is 270 g/mol. The first-order chi connectivity index (χ1) is 9.53. The van der Waals surface area contributed by atoms with Crippen LogP contribution in [0.4, 0.5) is 0 Å². The van der Waals surface area contributed by atoms with Gasteiger partial charge in [0, 0.05) is 17.6 Å². The van der Waals surface area contributed by atoms with E-state index in [-0.39, 0.29) is 5.41 Å². The Morgan fingerprint density at radius 2 is 2.00 bits per heavy atom. The molecule has 1 unspecified atom stereocenters. The van der Waals surface area contributed by atoms with E-state index >= 15 is 0 Å². The zero-order valence-electron chi connectivity index (χ0n) is 13.1. The van der Waals surface area contributed by atoms with Crippen LogP contribution in [0.1, 0.15) is 46.1 Å². The zero-order valence-corrected chi connectivity index (χ0v) is 13.1. The summed E-state index contributed by atoms with van der Waals surface area (Å²) in [6.45, 7) is 10.2. The van der Waals surface area contributed by atoms with Gasteiger partial charge in [0.15, 0.2) is 0 Å². The second kappa shape index (κ2) is 6.36. The van der Waals surface area contributed by atoms with E-state index in [9.17, 15) is 0 Å². The second-order valence-electron chi connectivity index (χ2n) is 6.36. The Hall–Kier alpha value is -1.41. The molecule has 0 aliphatic heterocycles. The highest BCUT2D eigenvalue weighted by molar-refractivity contribution is 5.78. The third-order valence-electron chi connectivity index (χ3n) is 3.93. The van der Waals surface area contributed by atoms with Crippen LogP contribution in [0.5, 0.6) is 0 Å². The Bertz CT molecular complexity index is 560. The van der Waals surface area contributed by atoms with Gasteiger partial charge < -0.3 is 5.32 Å². The quantitative estimate of drug-likeness (QED) is 0.847. The lowest BCUT2D eigenvalue weighted by atomic mass is 9.79. The Balaban J connectivity index is 2.17. The van der Waals surface area contributed by atoms with Crippen LogP contribution in [0.25, 0.3) is 10.9 Å². The average Bonchev–Trinajstić information content (AvgIpc) is 2.44. The van der Waals surface area contributed by atoms with Gasteiger partial charge >= 0.3 is 0 Å². The minimum atomic E-state index is 0.136. The molecule has 0 radical (unpaired) electrons. The molecule has 1 N–H and O–H groups in total. The summed E-state index contributed by atoms with van der Waals surface area (Å²) in [5.74, 6) is 0. The maximum atomic E-state index is 4.60. The summed E-state index contributed by atoms with van der Waals surface area (Å²) in [7, 11) is 0. The molecule has 20 heavy (non-hydrogen) atoms. The van der Waals surface area contributed by atoms with Gasteiger partial charge in [-0.25, -0.2) is 0 Å². The third-order valence-corrected chi connectivity index (χ3v) is 3.93. The van der Waals surface area contributed by atoms with Crippen molar-refractivity contribution >= 4 is 10.9 Å². The molecule has 2 heteroatoms. The second-order valence-corrected chi connectivity index (χ2v) is 6.36. The van der Waals surface area contributed by atoms with Gasteiger partial charge in [0.25, 0.3) is 0 Å². The Kier molecular flexibility index (Phi) is 4.77. The molecule has 1 atom stereocenters. The number of hydrogen-bond donors (Lipinski definition) is 1. The van der Waals surface area contributed by atoms with Crippen molar-refractivity contribution in [1.29, 1.82) is 0 Å². The summed E-state index contributed by atoms with van der Waals surface area (Å²) in [5, 5.41) is 4.80. The normalized spacial score (nSPS) is 13.6. The van der Waals surface area contributed by atoms with E-state index in [1.807, 2.05) is 12.3 Å². The highest BCUT2D eigenvalue weighted by atomic mass is 14.9. The molecule has 0 saturated carbocycles. The van der Waals surface area contributed by atoms with E-state index in [0.717, 1.165) is 18.5 Å². The first-order valence-corrected chi connectivity index (χ1v) is 7.61. The molecule has 108 valence electrons. The maximum Gasteiger partial charge on any atom is 0.0702 e. The molecule has 1 heterocycles. The Morgan fingerprint density at radius 1 is 1.25 bits per heavy atom. The number of aromatic nitrogens is 1. The van der Waals surface area contributed by atoms with Crippen LogP contribution >= 0.6 is 0 Å². The predicted molar refractivity (Wildman–Crippen MR) is 87.1 cm³/mol. The monoisotopic (exact) mass is 270 g/mol. The number of benzene rings is 1. The molecule has 0 saturated heterocycles. The number of fused-ring (bicyclic) bond motifs is 1. The van der Waals surface area contributed by atoms with Crippen molar-refractivity contribution in [1.82, 2.24) is 10.3 Å². The molecule has 0 fully saturated rings. The van der Waals surface area contributed by atoms with Crippen molar-refractivity contribution in [3.63, 3.8) is 0 Å². The van der Waals surface area contributed by atoms with Crippen LogP contribution in [0.3, 0.4) is 0 Å². The van der Waals surface area contributed by atoms with E-state index in [1.165, 1.54) is 17.4 Å². The predicted octanol–water partition coefficient (Wildman–Crippen LogP) is 4.29. The van der Waals surface area contributed by atoms with Gasteiger partial charge in [-0.15, -0.1) is 0 Å². The largest absolute Gasteiger partial charge is 0.314 e. The summed E-state index contributed by atoms with van der Waals surface area (Å²) >= 11 is 0. The first kappa shape index (κ1) is 15.0. The van der Waals surface area contributed by atoms with Crippen LogP contribution in [0, 0.1) is 0 Å². The fraction of sp³-hybridized carbons (Fsp3) is 0.500. The number of hydrogen-bond acceptors (Lipinski definition) is 2. The fourth-order valence-corrected chi connectivity index (χ4v) is 2.79. The van der Waals surface area contributed by atoms with Crippen LogP contribution < -0.4 is 5.32 Å². The summed E-state index contributed by atoms with van der Waals surface area (Å²) in [6, 6.07) is 11.1. The van der Waals surface area contributed by atoms with Crippen molar-refractivity contribution in [3.8, 4) is 0 Å². The summed E-state index contributed by atoms with van der Waals surface area (Å²) in [5.41, 5.74) is 2.53. The van der Waals surface area contributed by atoms with Gasteiger partial charge in [-0.05, 0) is 49.4 Å². The first-order valence-electron chi connectivity index (χ1n) is 7.61. The van der Waals surface area contributed by atoms with E-state index < -0.39 is 0 Å². The van der Waals surface area contributed by atoms with Crippen molar-refractivity contribution in [2.75, 3.05) is 6.54 Å². The molecule has 1 aromatic carbocycles. The van der Waals surface area contributed by atoms with Crippen LogP contribution in [-0.2, 0) is 5.41 Å². The molecule has 0 amide bonds. The van der Waals surface area contributed by atoms with Gasteiger partial charge in [0.2, 0.25) is 0 Å². The topological polar surface area (TPSA) is 24.9 Å². The SMILES string of the molecule is CCCNC(C)CC(C)(C)c1cnc2ccccc2c1. The summed E-state index contributed by atoms with van der Waals surface area (Å²) < 4.78 is 0. The van der Waals surface area contributed by atoms with Crippen molar-refractivity contribution in [2.24, 2.45) is 0 Å². The molecular weight excluding hydrogens is 244 g/mol. The van der Waals surface area contributed by atoms with Crippen molar-refractivity contribution < 1.29 is 0 Å². The minimum absolute atomic E-state index is 0.136. The molecule has 0 aliphatic rings. The number of nitrogens with zero attached hydrogens (tertiary/aromatic N) is 1. The molecule has 2 aromatic rings. The van der Waals surface area contributed by atoms with Gasteiger partial charge in [0.05, 0.1) is 5.52 Å². The van der Waals surface area contributed by atoms with Crippen molar-refractivity contribution in [2.45, 2.75) is 52.0 Å². The lowest BCUT2D eigenvalue weighted by molar-refractivity contribution is 0.389. The highest BCUT2D eigenvalue weighted by Gasteiger charge is 2.23. The Labute approximate surface area is 122 Å². The van der Waals surface area contributed by atoms with Gasteiger partial charge in [-0.1, -0.05) is 39.0 Å². The van der Waals surface area contributed by atoms with Crippen LogP contribution in [0.15, 0.2) is 36.5 Å². The fourth-order valence-electron chi connectivity index (χ4n) is 2.79.